The molecule has 0 heterocycles. The summed E-state index contributed by atoms with van der Waals surface area (Å²) in [5.41, 5.74) is 5.82. The first-order chi connectivity index (χ1) is 10.8. The van der Waals surface area contributed by atoms with Crippen molar-refractivity contribution in [3.63, 3.8) is 0 Å². The van der Waals surface area contributed by atoms with Crippen LogP contribution in [0.4, 0.5) is 0 Å². The van der Waals surface area contributed by atoms with E-state index in [0.717, 1.165) is 5.56 Å². The van der Waals surface area contributed by atoms with Crippen molar-refractivity contribution in [1.82, 2.24) is 5.32 Å². The van der Waals surface area contributed by atoms with E-state index in [2.05, 4.69) is 5.32 Å². The Morgan fingerprint density at radius 2 is 1.96 bits per heavy atom. The number of rotatable bonds is 8. The monoisotopic (exact) mass is 320 g/mol. The molecule has 0 aliphatic heterocycles. The van der Waals surface area contributed by atoms with Crippen LogP contribution in [-0.2, 0) is 9.59 Å². The number of nitrogens with one attached hydrogen (secondary N) is 1. The molecule has 0 aliphatic rings. The van der Waals surface area contributed by atoms with Crippen molar-refractivity contribution in [3.8, 4) is 11.5 Å². The topological polar surface area (TPSA) is 90.7 Å². The lowest BCUT2D eigenvalue weighted by Gasteiger charge is -2.15. The average molecular weight is 320 g/mol. The van der Waals surface area contributed by atoms with Crippen LogP contribution < -0.4 is 20.5 Å². The molecule has 0 aliphatic carbocycles. The molecule has 1 atom stereocenters. The number of methoxy groups -OCH3 is 1. The average Bonchev–Trinajstić information content (AvgIpc) is 2.50. The first-order valence-corrected chi connectivity index (χ1v) is 7.41. The van der Waals surface area contributed by atoms with E-state index in [1.165, 1.54) is 13.2 Å². The van der Waals surface area contributed by atoms with E-state index in [1.54, 1.807) is 24.3 Å². The lowest BCUT2D eigenvalue weighted by Crippen LogP contribution is -2.34. The Morgan fingerprint density at radius 1 is 1.26 bits per heavy atom. The van der Waals surface area contributed by atoms with Gasteiger partial charge in [0, 0.05) is 12.1 Å². The SMILES string of the molecule is COc1cc(/C=C/C(=O)NC(C)C(C)C)ccc1OCC(N)=O. The van der Waals surface area contributed by atoms with E-state index in [4.69, 9.17) is 15.2 Å². The molecular weight excluding hydrogens is 296 g/mol. The van der Waals surface area contributed by atoms with Gasteiger partial charge in [0.1, 0.15) is 0 Å². The van der Waals surface area contributed by atoms with Gasteiger partial charge in [-0.25, -0.2) is 0 Å². The summed E-state index contributed by atoms with van der Waals surface area (Å²) < 4.78 is 10.5. The summed E-state index contributed by atoms with van der Waals surface area (Å²) in [6.07, 6.45) is 3.15. The Labute approximate surface area is 136 Å². The minimum atomic E-state index is -0.563. The maximum absolute atomic E-state index is 11.8. The summed E-state index contributed by atoms with van der Waals surface area (Å²) in [7, 11) is 1.50. The Hall–Kier alpha value is -2.50. The quantitative estimate of drug-likeness (QED) is 0.714. The lowest BCUT2D eigenvalue weighted by atomic mass is 10.1. The van der Waals surface area contributed by atoms with Gasteiger partial charge < -0.3 is 20.5 Å². The van der Waals surface area contributed by atoms with Crippen molar-refractivity contribution >= 4 is 17.9 Å². The van der Waals surface area contributed by atoms with Crippen molar-refractivity contribution in [2.45, 2.75) is 26.8 Å². The molecule has 126 valence electrons. The summed E-state index contributed by atoms with van der Waals surface area (Å²) in [6, 6.07) is 5.24. The summed E-state index contributed by atoms with van der Waals surface area (Å²) >= 11 is 0. The Bertz CT molecular complexity index is 582. The normalized spacial score (nSPS) is 12.2. The zero-order valence-corrected chi connectivity index (χ0v) is 14.0. The van der Waals surface area contributed by atoms with Crippen LogP contribution in [0.2, 0.25) is 0 Å². The predicted molar refractivity (Wildman–Crippen MR) is 89.2 cm³/mol. The molecular formula is C17H24N2O4. The van der Waals surface area contributed by atoms with Gasteiger partial charge in [0.25, 0.3) is 5.91 Å². The second-order valence-electron chi connectivity index (χ2n) is 5.54. The van der Waals surface area contributed by atoms with Crippen LogP contribution in [0.5, 0.6) is 11.5 Å². The summed E-state index contributed by atoms with van der Waals surface area (Å²) in [4.78, 5) is 22.6. The first-order valence-electron chi connectivity index (χ1n) is 7.41. The van der Waals surface area contributed by atoms with Crippen LogP contribution >= 0.6 is 0 Å². The number of ether oxygens (including phenoxy) is 2. The van der Waals surface area contributed by atoms with Crippen molar-refractivity contribution in [2.75, 3.05) is 13.7 Å². The smallest absolute Gasteiger partial charge is 0.255 e. The number of nitrogens with two attached hydrogens (primary N) is 1. The second kappa shape index (κ2) is 8.82. The van der Waals surface area contributed by atoms with E-state index in [0.29, 0.717) is 17.4 Å². The van der Waals surface area contributed by atoms with Crippen LogP contribution in [0, 0.1) is 5.92 Å². The molecule has 3 N–H and O–H groups in total. The van der Waals surface area contributed by atoms with Gasteiger partial charge in [0.15, 0.2) is 18.1 Å². The molecule has 0 spiro atoms. The Balaban J connectivity index is 2.75. The molecule has 0 aromatic heterocycles. The third kappa shape index (κ3) is 6.42. The molecule has 23 heavy (non-hydrogen) atoms. The molecule has 1 unspecified atom stereocenters. The Kier molecular flexibility index (Phi) is 7.12. The number of carbonyl (C=O) groups is 2. The van der Waals surface area contributed by atoms with Crippen molar-refractivity contribution in [1.29, 1.82) is 0 Å². The van der Waals surface area contributed by atoms with Crippen LogP contribution in [-0.4, -0.2) is 31.6 Å². The lowest BCUT2D eigenvalue weighted by molar-refractivity contribution is -0.120. The van der Waals surface area contributed by atoms with Crippen LogP contribution in [0.3, 0.4) is 0 Å². The zero-order valence-electron chi connectivity index (χ0n) is 14.0. The van der Waals surface area contributed by atoms with Gasteiger partial charge in [0.05, 0.1) is 7.11 Å². The fourth-order valence-electron chi connectivity index (χ4n) is 1.67. The van der Waals surface area contributed by atoms with Gasteiger partial charge in [0.2, 0.25) is 5.91 Å². The van der Waals surface area contributed by atoms with Crippen LogP contribution in [0.1, 0.15) is 26.3 Å². The number of carbonyl (C=O) groups excluding carboxylic acids is 2. The first kappa shape index (κ1) is 18.5. The summed E-state index contributed by atoms with van der Waals surface area (Å²) in [5, 5.41) is 2.89. The highest BCUT2D eigenvalue weighted by atomic mass is 16.5. The van der Waals surface area contributed by atoms with Crippen molar-refractivity contribution in [3.05, 3.63) is 29.8 Å². The Morgan fingerprint density at radius 3 is 2.52 bits per heavy atom. The third-order valence-electron chi connectivity index (χ3n) is 3.35. The van der Waals surface area contributed by atoms with E-state index in [9.17, 15) is 9.59 Å². The molecule has 1 aromatic rings. The molecule has 2 amide bonds. The zero-order chi connectivity index (χ0) is 17.4. The second-order valence-corrected chi connectivity index (χ2v) is 5.54. The maximum Gasteiger partial charge on any atom is 0.255 e. The van der Waals surface area contributed by atoms with E-state index in [-0.39, 0.29) is 18.6 Å². The van der Waals surface area contributed by atoms with Gasteiger partial charge in [-0.15, -0.1) is 0 Å². The standard InChI is InChI=1S/C17H24N2O4/c1-11(2)12(3)19-17(21)8-6-13-5-7-14(15(9-13)22-4)23-10-16(18)20/h5-9,11-12H,10H2,1-4H3,(H2,18,20)(H,19,21)/b8-6+. The summed E-state index contributed by atoms with van der Waals surface area (Å²) in [6.45, 7) is 5.83. The van der Waals surface area contributed by atoms with Crippen LogP contribution in [0.15, 0.2) is 24.3 Å². The summed E-state index contributed by atoms with van der Waals surface area (Å²) in [5.74, 6) is 0.533. The molecule has 1 aromatic carbocycles. The fourth-order valence-corrected chi connectivity index (χ4v) is 1.67. The van der Waals surface area contributed by atoms with Crippen LogP contribution in [0.25, 0.3) is 6.08 Å². The maximum atomic E-state index is 11.8. The molecule has 6 nitrogen and oxygen atoms in total. The highest BCUT2D eigenvalue weighted by Crippen LogP contribution is 2.28. The van der Waals surface area contributed by atoms with Gasteiger partial charge in [-0.05, 0) is 36.6 Å². The number of hydrogen-bond acceptors (Lipinski definition) is 4. The molecule has 1 rings (SSSR count). The minimum absolute atomic E-state index is 0.103. The fraction of sp³-hybridized carbons (Fsp3) is 0.412. The molecule has 0 saturated heterocycles. The predicted octanol–water partition coefficient (Wildman–Crippen LogP) is 1.73. The minimum Gasteiger partial charge on any atom is -0.493 e. The number of amides is 2. The molecule has 0 radical (unpaired) electrons. The van der Waals surface area contributed by atoms with E-state index in [1.807, 2.05) is 20.8 Å². The van der Waals surface area contributed by atoms with E-state index >= 15 is 0 Å². The number of benzene rings is 1. The highest BCUT2D eigenvalue weighted by Gasteiger charge is 2.09. The largest absolute Gasteiger partial charge is 0.493 e. The molecule has 6 heteroatoms. The van der Waals surface area contributed by atoms with Crippen molar-refractivity contribution < 1.29 is 19.1 Å². The molecule has 0 bridgehead atoms. The number of hydrogen-bond donors (Lipinski definition) is 2. The number of primary amides is 1. The molecule has 0 fully saturated rings. The van der Waals surface area contributed by atoms with E-state index < -0.39 is 5.91 Å². The highest BCUT2D eigenvalue weighted by molar-refractivity contribution is 5.92. The van der Waals surface area contributed by atoms with Gasteiger partial charge >= 0.3 is 0 Å². The van der Waals surface area contributed by atoms with Gasteiger partial charge in [-0.2, -0.15) is 0 Å². The van der Waals surface area contributed by atoms with Gasteiger partial charge in [-0.3, -0.25) is 9.59 Å². The van der Waals surface area contributed by atoms with Gasteiger partial charge in [-0.1, -0.05) is 19.9 Å². The molecule has 0 saturated carbocycles. The third-order valence-corrected chi connectivity index (χ3v) is 3.35. The van der Waals surface area contributed by atoms with Crippen molar-refractivity contribution in [2.24, 2.45) is 11.7 Å².